The van der Waals surface area contributed by atoms with Crippen LogP contribution in [0.4, 0.5) is 11.4 Å². The first-order valence-electron chi connectivity index (χ1n) is 8.23. The minimum Gasteiger partial charge on any atom is -0.481 e. The van der Waals surface area contributed by atoms with Crippen LogP contribution in [0.15, 0.2) is 48.5 Å². The summed E-state index contributed by atoms with van der Waals surface area (Å²) in [6.07, 6.45) is 0.244. The van der Waals surface area contributed by atoms with Crippen LogP contribution in [0.25, 0.3) is 0 Å². The second-order valence-electron chi connectivity index (χ2n) is 5.90. The quantitative estimate of drug-likeness (QED) is 0.593. The van der Waals surface area contributed by atoms with Crippen molar-refractivity contribution >= 4 is 17.3 Å². The van der Waals surface area contributed by atoms with Crippen molar-refractivity contribution in [2.45, 2.75) is 39.2 Å². The third-order valence-electron chi connectivity index (χ3n) is 4.09. The lowest BCUT2D eigenvalue weighted by Gasteiger charge is -2.18. The first-order chi connectivity index (χ1) is 11.9. The van der Waals surface area contributed by atoms with E-state index in [0.29, 0.717) is 11.7 Å². The number of rotatable bonds is 7. The Bertz CT molecular complexity index is 743. The lowest BCUT2D eigenvalue weighted by Crippen LogP contribution is -2.30. The number of nitro benzene ring substituents is 1. The number of nitrogens with zero attached hydrogens (tertiary/aromatic N) is 1. The molecular formula is C19H22N2O4. The fourth-order valence-electron chi connectivity index (χ4n) is 2.40. The Morgan fingerprint density at radius 3 is 2.40 bits per heavy atom. The summed E-state index contributed by atoms with van der Waals surface area (Å²) in [5.41, 5.74) is 1.84. The van der Waals surface area contributed by atoms with Crippen LogP contribution >= 0.6 is 0 Å². The molecule has 0 aliphatic carbocycles. The van der Waals surface area contributed by atoms with Crippen LogP contribution in [0.3, 0.4) is 0 Å². The predicted molar refractivity (Wildman–Crippen MR) is 97.0 cm³/mol. The lowest BCUT2D eigenvalue weighted by atomic mass is 9.97. The Morgan fingerprint density at radius 1 is 1.16 bits per heavy atom. The molecule has 1 amide bonds. The molecule has 0 heterocycles. The summed E-state index contributed by atoms with van der Waals surface area (Å²) in [6.45, 7) is 5.86. The summed E-state index contributed by atoms with van der Waals surface area (Å²) in [5.74, 6) is 0.472. The zero-order chi connectivity index (χ0) is 18.4. The van der Waals surface area contributed by atoms with Gasteiger partial charge in [0.1, 0.15) is 5.75 Å². The van der Waals surface area contributed by atoms with Crippen molar-refractivity contribution < 1.29 is 14.5 Å². The molecule has 0 aliphatic rings. The van der Waals surface area contributed by atoms with Crippen LogP contribution in [-0.2, 0) is 4.79 Å². The number of carbonyl (C=O) groups is 1. The van der Waals surface area contributed by atoms with E-state index in [1.807, 2.05) is 24.3 Å². The van der Waals surface area contributed by atoms with Crippen LogP contribution in [0.1, 0.15) is 38.7 Å². The van der Waals surface area contributed by atoms with E-state index >= 15 is 0 Å². The topological polar surface area (TPSA) is 81.5 Å². The SMILES string of the molecule is CC[C@H](C)c1ccccc1NC(=O)[C@H](C)Oc1ccc([N+](=O)[O-])cc1. The Balaban J connectivity index is 2.04. The number of hydrogen-bond acceptors (Lipinski definition) is 4. The molecule has 2 aromatic rings. The van der Waals surface area contributed by atoms with Gasteiger partial charge in [-0.2, -0.15) is 0 Å². The molecule has 0 radical (unpaired) electrons. The Hall–Kier alpha value is -2.89. The van der Waals surface area contributed by atoms with Crippen LogP contribution in [-0.4, -0.2) is 16.9 Å². The first kappa shape index (κ1) is 18.4. The van der Waals surface area contributed by atoms with Gasteiger partial charge in [0.15, 0.2) is 6.10 Å². The minimum atomic E-state index is -0.730. The van der Waals surface area contributed by atoms with Gasteiger partial charge < -0.3 is 10.1 Å². The van der Waals surface area contributed by atoms with E-state index in [9.17, 15) is 14.9 Å². The van der Waals surface area contributed by atoms with Crippen molar-refractivity contribution in [3.05, 3.63) is 64.2 Å². The molecule has 0 unspecified atom stereocenters. The number of nitrogens with one attached hydrogen (secondary N) is 1. The Labute approximate surface area is 147 Å². The zero-order valence-electron chi connectivity index (χ0n) is 14.6. The number of anilines is 1. The monoisotopic (exact) mass is 342 g/mol. The summed E-state index contributed by atoms with van der Waals surface area (Å²) in [5, 5.41) is 13.6. The molecule has 0 saturated heterocycles. The summed E-state index contributed by atoms with van der Waals surface area (Å²) in [4.78, 5) is 22.6. The van der Waals surface area contributed by atoms with E-state index < -0.39 is 11.0 Å². The van der Waals surface area contributed by atoms with Crippen LogP contribution in [0.5, 0.6) is 5.75 Å². The average molecular weight is 342 g/mol. The molecule has 2 rings (SSSR count). The van der Waals surface area contributed by atoms with Gasteiger partial charge in [-0.05, 0) is 43.0 Å². The molecule has 6 heteroatoms. The van der Waals surface area contributed by atoms with Gasteiger partial charge >= 0.3 is 0 Å². The highest BCUT2D eigenvalue weighted by atomic mass is 16.6. The van der Waals surface area contributed by atoms with Gasteiger partial charge in [-0.25, -0.2) is 0 Å². The van der Waals surface area contributed by atoms with Crippen molar-refractivity contribution in [3.63, 3.8) is 0 Å². The molecule has 132 valence electrons. The van der Waals surface area contributed by atoms with Crippen molar-refractivity contribution in [2.75, 3.05) is 5.32 Å². The molecule has 6 nitrogen and oxygen atoms in total. The summed E-state index contributed by atoms with van der Waals surface area (Å²) in [6, 6.07) is 13.4. The number of ether oxygens (including phenoxy) is 1. The van der Waals surface area contributed by atoms with Crippen molar-refractivity contribution in [2.24, 2.45) is 0 Å². The van der Waals surface area contributed by atoms with Crippen LogP contribution in [0, 0.1) is 10.1 Å². The van der Waals surface area contributed by atoms with E-state index in [4.69, 9.17) is 4.74 Å². The van der Waals surface area contributed by atoms with E-state index in [-0.39, 0.29) is 11.6 Å². The van der Waals surface area contributed by atoms with E-state index in [2.05, 4.69) is 19.2 Å². The second-order valence-corrected chi connectivity index (χ2v) is 5.90. The number of para-hydroxylation sites is 1. The average Bonchev–Trinajstić information content (AvgIpc) is 2.61. The molecule has 0 spiro atoms. The van der Waals surface area contributed by atoms with Gasteiger partial charge in [0.25, 0.3) is 11.6 Å². The summed E-state index contributed by atoms with van der Waals surface area (Å²) in [7, 11) is 0. The largest absolute Gasteiger partial charge is 0.481 e. The predicted octanol–water partition coefficient (Wildman–Crippen LogP) is 4.51. The Kier molecular flexibility index (Phi) is 6.11. The first-order valence-corrected chi connectivity index (χ1v) is 8.23. The maximum Gasteiger partial charge on any atom is 0.269 e. The number of non-ortho nitro benzene ring substituents is 1. The molecule has 1 N–H and O–H groups in total. The number of hydrogen-bond donors (Lipinski definition) is 1. The number of amides is 1. The van der Waals surface area contributed by atoms with Gasteiger partial charge in [0, 0.05) is 17.8 Å². The lowest BCUT2D eigenvalue weighted by molar-refractivity contribution is -0.384. The molecule has 25 heavy (non-hydrogen) atoms. The molecular weight excluding hydrogens is 320 g/mol. The zero-order valence-corrected chi connectivity index (χ0v) is 14.6. The maximum atomic E-state index is 12.4. The second kappa shape index (κ2) is 8.28. The highest BCUT2D eigenvalue weighted by Gasteiger charge is 2.18. The Morgan fingerprint density at radius 2 is 1.80 bits per heavy atom. The van der Waals surface area contributed by atoms with Crippen LogP contribution < -0.4 is 10.1 Å². The minimum absolute atomic E-state index is 0.0214. The standard InChI is InChI=1S/C19H22N2O4/c1-4-13(2)17-7-5-6-8-18(17)20-19(22)14(3)25-16-11-9-15(10-12-16)21(23)24/h5-14H,4H2,1-3H3,(H,20,22)/t13-,14-/m0/s1. The highest BCUT2D eigenvalue weighted by molar-refractivity contribution is 5.94. The van der Waals surface area contributed by atoms with E-state index in [1.165, 1.54) is 24.3 Å². The van der Waals surface area contributed by atoms with Crippen molar-refractivity contribution in [3.8, 4) is 5.75 Å². The number of nitro groups is 1. The molecule has 0 saturated carbocycles. The van der Waals surface area contributed by atoms with Gasteiger partial charge in [0.2, 0.25) is 0 Å². The molecule has 0 aromatic heterocycles. The van der Waals surface area contributed by atoms with Gasteiger partial charge in [-0.1, -0.05) is 32.0 Å². The maximum absolute atomic E-state index is 12.4. The van der Waals surface area contributed by atoms with Gasteiger partial charge in [-0.3, -0.25) is 14.9 Å². The van der Waals surface area contributed by atoms with E-state index in [1.54, 1.807) is 6.92 Å². The van der Waals surface area contributed by atoms with Gasteiger partial charge in [-0.15, -0.1) is 0 Å². The highest BCUT2D eigenvalue weighted by Crippen LogP contribution is 2.27. The smallest absolute Gasteiger partial charge is 0.269 e. The van der Waals surface area contributed by atoms with Crippen molar-refractivity contribution in [1.82, 2.24) is 0 Å². The summed E-state index contributed by atoms with van der Waals surface area (Å²) >= 11 is 0. The normalized spacial score (nSPS) is 12.9. The third-order valence-corrected chi connectivity index (χ3v) is 4.09. The number of carbonyl (C=O) groups excluding carboxylic acids is 1. The molecule has 0 fully saturated rings. The molecule has 2 atom stereocenters. The third kappa shape index (κ3) is 4.79. The van der Waals surface area contributed by atoms with Crippen molar-refractivity contribution in [1.29, 1.82) is 0 Å². The van der Waals surface area contributed by atoms with E-state index in [0.717, 1.165) is 17.7 Å². The molecule has 2 aromatic carbocycles. The van der Waals surface area contributed by atoms with Crippen LogP contribution in [0.2, 0.25) is 0 Å². The van der Waals surface area contributed by atoms with Gasteiger partial charge in [0.05, 0.1) is 4.92 Å². The summed E-state index contributed by atoms with van der Waals surface area (Å²) < 4.78 is 5.58. The fourth-order valence-corrected chi connectivity index (χ4v) is 2.40. The molecule has 0 bridgehead atoms. The molecule has 0 aliphatic heterocycles. The number of benzene rings is 2. The fraction of sp³-hybridized carbons (Fsp3) is 0.316.